The predicted molar refractivity (Wildman–Crippen MR) is 69.7 cm³/mol. The monoisotopic (exact) mass is 283 g/mol. The van der Waals surface area contributed by atoms with Crippen LogP contribution in [0.2, 0.25) is 0 Å². The highest BCUT2D eigenvalue weighted by Crippen LogP contribution is 2.30. The van der Waals surface area contributed by atoms with Gasteiger partial charge in [-0.25, -0.2) is 0 Å². The molecule has 0 fully saturated rings. The molecule has 9 nitrogen and oxygen atoms in total. The Kier molecular flexibility index (Phi) is 4.95. The van der Waals surface area contributed by atoms with Gasteiger partial charge in [0.15, 0.2) is 0 Å². The molecule has 0 radical (unpaired) electrons. The summed E-state index contributed by atoms with van der Waals surface area (Å²) in [6.07, 6.45) is 0.241. The van der Waals surface area contributed by atoms with E-state index in [2.05, 4.69) is 5.32 Å². The Hall–Kier alpha value is -2.71. The first-order valence-electron chi connectivity index (χ1n) is 5.76. The number of carboxylic acids is 1. The summed E-state index contributed by atoms with van der Waals surface area (Å²) in [5.74, 6) is -1.03. The van der Waals surface area contributed by atoms with Crippen LogP contribution in [0.4, 0.5) is 17.1 Å². The lowest BCUT2D eigenvalue weighted by molar-refractivity contribution is -0.393. The standard InChI is InChI=1S/C11H13N3O6/c1-2-7(5-11(15)16)12-9-4-3-8(13(17)18)6-10(9)14(19)20/h3-4,6-7,12H,2,5H2,1H3,(H,15,16). The highest BCUT2D eigenvalue weighted by Gasteiger charge is 2.21. The van der Waals surface area contributed by atoms with E-state index in [1.807, 2.05) is 0 Å². The van der Waals surface area contributed by atoms with Crippen molar-refractivity contribution in [2.45, 2.75) is 25.8 Å². The smallest absolute Gasteiger partial charge is 0.305 e. The summed E-state index contributed by atoms with van der Waals surface area (Å²) in [6, 6.07) is 2.69. The van der Waals surface area contributed by atoms with E-state index in [-0.39, 0.29) is 12.1 Å². The summed E-state index contributed by atoms with van der Waals surface area (Å²) < 4.78 is 0. The fourth-order valence-corrected chi connectivity index (χ4v) is 1.63. The van der Waals surface area contributed by atoms with Crippen molar-refractivity contribution < 1.29 is 19.7 Å². The van der Waals surface area contributed by atoms with Crippen LogP contribution in [0.25, 0.3) is 0 Å². The van der Waals surface area contributed by atoms with Gasteiger partial charge in [-0.05, 0) is 12.5 Å². The van der Waals surface area contributed by atoms with Crippen molar-refractivity contribution in [2.75, 3.05) is 5.32 Å². The number of carbonyl (C=O) groups is 1. The van der Waals surface area contributed by atoms with Gasteiger partial charge in [0, 0.05) is 12.1 Å². The summed E-state index contributed by atoms with van der Waals surface area (Å²) in [5, 5.41) is 33.0. The van der Waals surface area contributed by atoms with Crippen LogP contribution in [0, 0.1) is 20.2 Å². The number of hydrogen-bond acceptors (Lipinski definition) is 6. The van der Waals surface area contributed by atoms with Gasteiger partial charge in [0.05, 0.1) is 22.3 Å². The van der Waals surface area contributed by atoms with Crippen molar-refractivity contribution in [2.24, 2.45) is 0 Å². The molecular formula is C11H13N3O6. The van der Waals surface area contributed by atoms with Gasteiger partial charge in [0.25, 0.3) is 11.4 Å². The Morgan fingerprint density at radius 3 is 2.45 bits per heavy atom. The average molecular weight is 283 g/mol. The maximum absolute atomic E-state index is 10.9. The fraction of sp³-hybridized carbons (Fsp3) is 0.364. The lowest BCUT2D eigenvalue weighted by atomic mass is 10.1. The van der Waals surface area contributed by atoms with Crippen molar-refractivity contribution in [1.82, 2.24) is 0 Å². The number of non-ortho nitro benzene ring substituents is 1. The third kappa shape index (κ3) is 3.90. The van der Waals surface area contributed by atoms with E-state index < -0.39 is 33.2 Å². The SMILES string of the molecule is CCC(CC(=O)O)Nc1ccc([N+](=O)[O-])cc1[N+](=O)[O-]. The van der Waals surface area contributed by atoms with E-state index in [0.717, 1.165) is 12.1 Å². The molecule has 1 unspecified atom stereocenters. The highest BCUT2D eigenvalue weighted by atomic mass is 16.6. The molecule has 0 spiro atoms. The van der Waals surface area contributed by atoms with Gasteiger partial charge in [-0.3, -0.25) is 25.0 Å². The molecular weight excluding hydrogens is 270 g/mol. The van der Waals surface area contributed by atoms with E-state index in [0.29, 0.717) is 6.42 Å². The Labute approximate surface area is 113 Å². The highest BCUT2D eigenvalue weighted by molar-refractivity contribution is 5.70. The molecule has 0 saturated heterocycles. The topological polar surface area (TPSA) is 136 Å². The summed E-state index contributed by atoms with van der Waals surface area (Å²) in [7, 11) is 0. The third-order valence-corrected chi connectivity index (χ3v) is 2.66. The van der Waals surface area contributed by atoms with Gasteiger partial charge in [0.2, 0.25) is 0 Å². The van der Waals surface area contributed by atoms with Gasteiger partial charge in [-0.15, -0.1) is 0 Å². The van der Waals surface area contributed by atoms with E-state index in [1.54, 1.807) is 6.92 Å². The normalized spacial score (nSPS) is 11.7. The van der Waals surface area contributed by atoms with Crippen molar-refractivity contribution in [3.8, 4) is 0 Å². The number of carboxylic acid groups (broad SMARTS) is 1. The van der Waals surface area contributed by atoms with Gasteiger partial charge in [-0.2, -0.15) is 0 Å². The molecule has 0 aromatic heterocycles. The second-order valence-electron chi connectivity index (χ2n) is 4.06. The molecule has 108 valence electrons. The van der Waals surface area contributed by atoms with E-state index in [9.17, 15) is 25.0 Å². The minimum absolute atomic E-state index is 0.0636. The fourth-order valence-electron chi connectivity index (χ4n) is 1.63. The lowest BCUT2D eigenvalue weighted by Crippen LogP contribution is -2.22. The average Bonchev–Trinajstić information content (AvgIpc) is 2.37. The zero-order valence-electron chi connectivity index (χ0n) is 10.6. The summed E-state index contributed by atoms with van der Waals surface area (Å²) >= 11 is 0. The van der Waals surface area contributed by atoms with Gasteiger partial charge in [0.1, 0.15) is 5.69 Å². The molecule has 1 rings (SSSR count). The summed E-state index contributed by atoms with van der Waals surface area (Å²) in [4.78, 5) is 30.7. The number of hydrogen-bond donors (Lipinski definition) is 2. The molecule has 0 saturated carbocycles. The molecule has 2 N–H and O–H groups in total. The minimum Gasteiger partial charge on any atom is -0.481 e. The first-order chi connectivity index (χ1) is 9.35. The second-order valence-corrected chi connectivity index (χ2v) is 4.06. The Morgan fingerprint density at radius 1 is 1.35 bits per heavy atom. The Bertz CT molecular complexity index is 545. The quantitative estimate of drug-likeness (QED) is 0.578. The zero-order chi connectivity index (χ0) is 15.3. The van der Waals surface area contributed by atoms with E-state index >= 15 is 0 Å². The molecule has 0 aliphatic heterocycles. The van der Waals surface area contributed by atoms with Crippen molar-refractivity contribution in [3.05, 3.63) is 38.4 Å². The van der Waals surface area contributed by atoms with Crippen LogP contribution in [0.1, 0.15) is 19.8 Å². The molecule has 0 aliphatic carbocycles. The summed E-state index contributed by atoms with van der Waals surface area (Å²) in [5.41, 5.74) is -0.787. The molecule has 1 aromatic carbocycles. The van der Waals surface area contributed by atoms with Crippen molar-refractivity contribution in [1.29, 1.82) is 0 Å². The van der Waals surface area contributed by atoms with Gasteiger partial charge in [-0.1, -0.05) is 6.92 Å². The van der Waals surface area contributed by atoms with E-state index in [4.69, 9.17) is 5.11 Å². The number of anilines is 1. The maximum Gasteiger partial charge on any atom is 0.305 e. The van der Waals surface area contributed by atoms with Crippen LogP contribution >= 0.6 is 0 Å². The zero-order valence-corrected chi connectivity index (χ0v) is 10.6. The molecule has 1 aromatic rings. The van der Waals surface area contributed by atoms with Crippen LogP contribution in [0.5, 0.6) is 0 Å². The molecule has 0 bridgehead atoms. The maximum atomic E-state index is 10.9. The van der Waals surface area contributed by atoms with Crippen LogP contribution in [-0.2, 0) is 4.79 Å². The van der Waals surface area contributed by atoms with Crippen molar-refractivity contribution >= 4 is 23.0 Å². The molecule has 1 atom stereocenters. The molecule has 20 heavy (non-hydrogen) atoms. The number of nitro groups is 2. The van der Waals surface area contributed by atoms with Crippen LogP contribution < -0.4 is 5.32 Å². The Morgan fingerprint density at radius 2 is 2.00 bits per heavy atom. The Balaban J connectivity index is 3.07. The van der Waals surface area contributed by atoms with Crippen molar-refractivity contribution in [3.63, 3.8) is 0 Å². The van der Waals surface area contributed by atoms with Gasteiger partial charge < -0.3 is 10.4 Å². The van der Waals surface area contributed by atoms with Crippen LogP contribution in [-0.4, -0.2) is 27.0 Å². The third-order valence-electron chi connectivity index (χ3n) is 2.66. The number of nitrogens with one attached hydrogen (secondary N) is 1. The number of benzene rings is 1. The predicted octanol–water partition coefficient (Wildman–Crippen LogP) is 2.17. The first kappa shape index (κ1) is 15.3. The van der Waals surface area contributed by atoms with Crippen LogP contribution in [0.3, 0.4) is 0 Å². The molecule has 0 aliphatic rings. The molecule has 0 amide bonds. The largest absolute Gasteiger partial charge is 0.481 e. The lowest BCUT2D eigenvalue weighted by Gasteiger charge is -2.15. The number of aliphatic carboxylic acids is 1. The van der Waals surface area contributed by atoms with Gasteiger partial charge >= 0.3 is 5.97 Å². The number of rotatable bonds is 7. The second kappa shape index (κ2) is 6.45. The number of nitrogens with zero attached hydrogens (tertiary/aromatic N) is 2. The first-order valence-corrected chi connectivity index (χ1v) is 5.76. The molecule has 9 heteroatoms. The van der Waals surface area contributed by atoms with E-state index in [1.165, 1.54) is 6.07 Å². The number of nitro benzene ring substituents is 2. The molecule has 0 heterocycles. The minimum atomic E-state index is -1.03. The van der Waals surface area contributed by atoms with Crippen LogP contribution in [0.15, 0.2) is 18.2 Å². The summed E-state index contributed by atoms with van der Waals surface area (Å²) in [6.45, 7) is 1.73.